The third-order valence-electron chi connectivity index (χ3n) is 4.69. The molecule has 0 aliphatic rings. The Morgan fingerprint density at radius 3 is 2.64 bits per heavy atom. The minimum absolute atomic E-state index is 0.0119. The van der Waals surface area contributed by atoms with Crippen molar-refractivity contribution in [2.24, 2.45) is 0 Å². The number of hydrogen-bond acceptors (Lipinski definition) is 3. The Labute approximate surface area is 164 Å². The first-order valence-corrected chi connectivity index (χ1v) is 9.55. The Morgan fingerprint density at radius 1 is 1.11 bits per heavy atom. The first kappa shape index (κ1) is 19.8. The van der Waals surface area contributed by atoms with Gasteiger partial charge in [-0.15, -0.1) is 0 Å². The van der Waals surface area contributed by atoms with Crippen molar-refractivity contribution in [1.29, 1.82) is 0 Å². The highest BCUT2D eigenvalue weighted by Crippen LogP contribution is 2.21. The van der Waals surface area contributed by atoms with Gasteiger partial charge in [0.05, 0.1) is 6.20 Å². The number of oxazole rings is 1. The van der Waals surface area contributed by atoms with Gasteiger partial charge in [0, 0.05) is 24.9 Å². The quantitative estimate of drug-likeness (QED) is 0.572. The van der Waals surface area contributed by atoms with Crippen LogP contribution in [0.15, 0.2) is 53.1 Å². The average Bonchev–Trinajstić information content (AvgIpc) is 3.14. The van der Waals surface area contributed by atoms with Gasteiger partial charge in [-0.05, 0) is 62.1 Å². The van der Waals surface area contributed by atoms with E-state index in [1.807, 2.05) is 0 Å². The third-order valence-corrected chi connectivity index (χ3v) is 4.69. The standard InChI is InChI=1S/C23H25FN2O2/c1-16-5-6-18(17(2)14-16)4-3-13-25-22(27)11-12-23-26-15-21(28-23)19-7-9-20(24)10-8-19/h5-10,14-15H,3-4,11-13H2,1-2H3,(H,25,27). The predicted octanol–water partition coefficient (Wildman–Crippen LogP) is 4.78. The van der Waals surface area contributed by atoms with Gasteiger partial charge < -0.3 is 9.73 Å². The van der Waals surface area contributed by atoms with Crippen LogP contribution in [0.5, 0.6) is 0 Å². The predicted molar refractivity (Wildman–Crippen MR) is 107 cm³/mol. The first-order valence-electron chi connectivity index (χ1n) is 9.55. The van der Waals surface area contributed by atoms with Crippen LogP contribution in [0, 0.1) is 19.7 Å². The number of nitrogens with one attached hydrogen (secondary N) is 1. The van der Waals surface area contributed by atoms with Crippen LogP contribution in [0.1, 0.15) is 35.4 Å². The lowest BCUT2D eigenvalue weighted by Crippen LogP contribution is -2.25. The largest absolute Gasteiger partial charge is 0.441 e. The van der Waals surface area contributed by atoms with Crippen molar-refractivity contribution in [2.45, 2.75) is 39.5 Å². The Balaban J connectivity index is 1.39. The van der Waals surface area contributed by atoms with E-state index in [0.717, 1.165) is 18.4 Å². The van der Waals surface area contributed by atoms with Gasteiger partial charge in [0.1, 0.15) is 5.82 Å². The van der Waals surface area contributed by atoms with Crippen LogP contribution in [0.3, 0.4) is 0 Å². The summed E-state index contributed by atoms with van der Waals surface area (Å²) in [6.45, 7) is 4.86. The molecular weight excluding hydrogens is 355 g/mol. The fourth-order valence-electron chi connectivity index (χ4n) is 3.12. The van der Waals surface area contributed by atoms with Crippen molar-refractivity contribution in [3.8, 4) is 11.3 Å². The molecule has 0 fully saturated rings. The van der Waals surface area contributed by atoms with Crippen molar-refractivity contribution in [1.82, 2.24) is 10.3 Å². The smallest absolute Gasteiger partial charge is 0.220 e. The summed E-state index contributed by atoms with van der Waals surface area (Å²) in [5, 5.41) is 2.95. The molecule has 28 heavy (non-hydrogen) atoms. The van der Waals surface area contributed by atoms with E-state index >= 15 is 0 Å². The SMILES string of the molecule is Cc1ccc(CCCNC(=O)CCc2ncc(-c3ccc(F)cc3)o2)c(C)c1. The molecule has 1 heterocycles. The highest BCUT2D eigenvalue weighted by Gasteiger charge is 2.09. The second kappa shape index (κ2) is 9.31. The van der Waals surface area contributed by atoms with Crippen LogP contribution in [0.2, 0.25) is 0 Å². The maximum Gasteiger partial charge on any atom is 0.220 e. The number of carbonyl (C=O) groups excluding carboxylic acids is 1. The van der Waals surface area contributed by atoms with Gasteiger partial charge in [0.25, 0.3) is 0 Å². The summed E-state index contributed by atoms with van der Waals surface area (Å²) in [4.78, 5) is 16.2. The van der Waals surface area contributed by atoms with Crippen LogP contribution >= 0.6 is 0 Å². The normalized spacial score (nSPS) is 10.8. The van der Waals surface area contributed by atoms with Gasteiger partial charge in [-0.25, -0.2) is 9.37 Å². The highest BCUT2D eigenvalue weighted by atomic mass is 19.1. The summed E-state index contributed by atoms with van der Waals surface area (Å²) in [6, 6.07) is 12.5. The van der Waals surface area contributed by atoms with E-state index in [-0.39, 0.29) is 11.7 Å². The Bertz CT molecular complexity index is 932. The summed E-state index contributed by atoms with van der Waals surface area (Å²) in [7, 11) is 0. The lowest BCUT2D eigenvalue weighted by atomic mass is 10.0. The van der Waals surface area contributed by atoms with E-state index in [9.17, 15) is 9.18 Å². The zero-order valence-corrected chi connectivity index (χ0v) is 16.3. The average molecular weight is 380 g/mol. The maximum absolute atomic E-state index is 13.0. The molecule has 1 aromatic heterocycles. The fourth-order valence-corrected chi connectivity index (χ4v) is 3.12. The number of rotatable bonds is 8. The highest BCUT2D eigenvalue weighted by molar-refractivity contribution is 5.76. The number of carbonyl (C=O) groups is 1. The van der Waals surface area contributed by atoms with E-state index < -0.39 is 0 Å². The number of amides is 1. The summed E-state index contributed by atoms with van der Waals surface area (Å²) in [5.41, 5.74) is 4.65. The molecule has 3 aromatic rings. The Hall–Kier alpha value is -2.95. The summed E-state index contributed by atoms with van der Waals surface area (Å²) >= 11 is 0. The number of aryl methyl sites for hydroxylation is 4. The van der Waals surface area contributed by atoms with E-state index in [1.165, 1.54) is 28.8 Å². The summed E-state index contributed by atoms with van der Waals surface area (Å²) < 4.78 is 18.6. The zero-order valence-electron chi connectivity index (χ0n) is 16.3. The zero-order chi connectivity index (χ0) is 19.9. The molecule has 0 radical (unpaired) electrons. The van der Waals surface area contributed by atoms with Crippen molar-refractivity contribution < 1.29 is 13.6 Å². The molecule has 0 saturated heterocycles. The Kier molecular flexibility index (Phi) is 6.58. The van der Waals surface area contributed by atoms with Gasteiger partial charge in [-0.1, -0.05) is 23.8 Å². The van der Waals surface area contributed by atoms with Gasteiger partial charge in [-0.3, -0.25) is 4.79 Å². The van der Waals surface area contributed by atoms with E-state index in [0.29, 0.717) is 31.0 Å². The van der Waals surface area contributed by atoms with Gasteiger partial charge in [0.15, 0.2) is 11.7 Å². The lowest BCUT2D eigenvalue weighted by Gasteiger charge is -2.08. The van der Waals surface area contributed by atoms with E-state index in [4.69, 9.17) is 4.42 Å². The number of nitrogens with zero attached hydrogens (tertiary/aromatic N) is 1. The minimum Gasteiger partial charge on any atom is -0.441 e. The van der Waals surface area contributed by atoms with Crippen LogP contribution in [-0.2, 0) is 17.6 Å². The molecule has 0 aliphatic heterocycles. The first-order chi connectivity index (χ1) is 13.5. The lowest BCUT2D eigenvalue weighted by molar-refractivity contribution is -0.121. The topological polar surface area (TPSA) is 55.1 Å². The number of benzene rings is 2. The molecule has 3 rings (SSSR count). The number of hydrogen-bond donors (Lipinski definition) is 1. The van der Waals surface area contributed by atoms with Gasteiger partial charge in [-0.2, -0.15) is 0 Å². The van der Waals surface area contributed by atoms with Crippen molar-refractivity contribution in [3.63, 3.8) is 0 Å². The second-order valence-electron chi connectivity index (χ2n) is 7.01. The van der Waals surface area contributed by atoms with Crippen LogP contribution in [-0.4, -0.2) is 17.4 Å². The molecule has 146 valence electrons. The third kappa shape index (κ3) is 5.52. The molecular formula is C23H25FN2O2. The molecule has 0 bridgehead atoms. The van der Waals surface area contributed by atoms with Crippen LogP contribution < -0.4 is 5.32 Å². The number of halogens is 1. The molecule has 4 nitrogen and oxygen atoms in total. The Morgan fingerprint density at radius 2 is 1.89 bits per heavy atom. The van der Waals surface area contributed by atoms with Crippen molar-refractivity contribution in [2.75, 3.05) is 6.54 Å². The molecule has 1 amide bonds. The molecule has 0 unspecified atom stereocenters. The molecule has 0 aliphatic carbocycles. The second-order valence-corrected chi connectivity index (χ2v) is 7.01. The molecule has 0 saturated carbocycles. The van der Waals surface area contributed by atoms with Gasteiger partial charge in [0.2, 0.25) is 5.91 Å². The minimum atomic E-state index is -0.294. The molecule has 0 atom stereocenters. The molecule has 2 aromatic carbocycles. The molecule has 5 heteroatoms. The monoisotopic (exact) mass is 380 g/mol. The van der Waals surface area contributed by atoms with Crippen LogP contribution in [0.4, 0.5) is 4.39 Å². The van der Waals surface area contributed by atoms with Crippen LogP contribution in [0.25, 0.3) is 11.3 Å². The summed E-state index contributed by atoms with van der Waals surface area (Å²) in [6.07, 6.45) is 4.22. The van der Waals surface area contributed by atoms with E-state index in [2.05, 4.69) is 42.3 Å². The fraction of sp³-hybridized carbons (Fsp3) is 0.304. The molecule has 0 spiro atoms. The van der Waals surface area contributed by atoms with Crippen molar-refractivity contribution in [3.05, 3.63) is 77.1 Å². The van der Waals surface area contributed by atoms with Crippen molar-refractivity contribution >= 4 is 5.91 Å². The summed E-state index contributed by atoms with van der Waals surface area (Å²) in [5.74, 6) is 0.772. The number of aromatic nitrogens is 1. The maximum atomic E-state index is 13.0. The van der Waals surface area contributed by atoms with Gasteiger partial charge >= 0.3 is 0 Å². The van der Waals surface area contributed by atoms with E-state index in [1.54, 1.807) is 18.3 Å². The molecule has 1 N–H and O–H groups in total.